The molecular weight excluding hydrogens is 273 g/mol. The van der Waals surface area contributed by atoms with E-state index in [1.54, 1.807) is 0 Å². The third-order valence-corrected chi connectivity index (χ3v) is 6.71. The lowest BCUT2D eigenvalue weighted by molar-refractivity contribution is 0.368. The van der Waals surface area contributed by atoms with E-state index in [1.165, 1.54) is 64.2 Å². The molecule has 0 unspecified atom stereocenters. The average molecular weight is 295 g/mol. The highest BCUT2D eigenvalue weighted by molar-refractivity contribution is 7.83. The molecule has 7 heteroatoms. The molecule has 0 heterocycles. The van der Waals surface area contributed by atoms with Crippen LogP contribution in [0, 0.1) is 0 Å². The zero-order valence-electron chi connectivity index (χ0n) is 11.3. The van der Waals surface area contributed by atoms with Crippen molar-refractivity contribution < 1.29 is 17.3 Å². The molecular formula is C12H22B2F4P-. The number of hydrogen-bond acceptors (Lipinski definition) is 0. The van der Waals surface area contributed by atoms with Gasteiger partial charge >= 0.3 is 7.25 Å². The molecule has 2 aliphatic carbocycles. The van der Waals surface area contributed by atoms with Crippen molar-refractivity contribution in [1.82, 2.24) is 0 Å². The Hall–Kier alpha value is 0.280. The van der Waals surface area contributed by atoms with Crippen molar-refractivity contribution in [2.45, 2.75) is 75.5 Å². The van der Waals surface area contributed by atoms with E-state index in [4.69, 9.17) is 7.57 Å². The van der Waals surface area contributed by atoms with E-state index < -0.39 is 7.25 Å². The summed E-state index contributed by atoms with van der Waals surface area (Å²) < 4.78 is 39.0. The first-order chi connectivity index (χ1) is 8.88. The van der Waals surface area contributed by atoms with Gasteiger partial charge < -0.3 is 17.3 Å². The second kappa shape index (κ2) is 8.54. The molecule has 0 bridgehead atoms. The van der Waals surface area contributed by atoms with Gasteiger partial charge in [0.15, 0.2) is 0 Å². The molecule has 2 saturated carbocycles. The van der Waals surface area contributed by atoms with Crippen LogP contribution in [0.25, 0.3) is 0 Å². The lowest BCUT2D eigenvalue weighted by atomic mass is 9.99. The number of halogens is 4. The molecule has 0 spiro atoms. The van der Waals surface area contributed by atoms with Crippen LogP contribution in [0.3, 0.4) is 0 Å². The van der Waals surface area contributed by atoms with Gasteiger partial charge in [-0.3, -0.25) is 0 Å². The summed E-state index contributed by atoms with van der Waals surface area (Å²) in [6, 6.07) is 0. The molecule has 0 aromatic heterocycles. The van der Waals surface area contributed by atoms with Crippen LogP contribution in [-0.4, -0.2) is 26.1 Å². The summed E-state index contributed by atoms with van der Waals surface area (Å²) in [7, 11) is 0.371. The van der Waals surface area contributed by atoms with Crippen molar-refractivity contribution >= 4 is 22.6 Å². The molecule has 0 aliphatic heterocycles. The van der Waals surface area contributed by atoms with Crippen molar-refractivity contribution in [1.29, 1.82) is 0 Å². The monoisotopic (exact) mass is 295 g/mol. The number of hydrogen-bond donors (Lipinski definition) is 0. The highest BCUT2D eigenvalue weighted by atomic mass is 31.1. The third-order valence-electron chi connectivity index (χ3n) is 3.99. The highest BCUT2D eigenvalue weighted by Gasteiger charge is 2.26. The second-order valence-electron chi connectivity index (χ2n) is 5.53. The highest BCUT2D eigenvalue weighted by Crippen LogP contribution is 2.52. The van der Waals surface area contributed by atoms with Gasteiger partial charge in [0.2, 0.25) is 0 Å². The molecule has 110 valence electrons. The summed E-state index contributed by atoms with van der Waals surface area (Å²) in [5.74, 6) is 0. The second-order valence-corrected chi connectivity index (χ2v) is 7.88. The van der Waals surface area contributed by atoms with E-state index in [9.17, 15) is 17.3 Å². The largest absolute Gasteiger partial charge is 0.673 e. The fourth-order valence-corrected chi connectivity index (χ4v) is 5.58. The summed E-state index contributed by atoms with van der Waals surface area (Å²) in [6.45, 7) is 0. The Morgan fingerprint density at radius 2 is 0.947 bits per heavy atom. The number of rotatable bonds is 2. The Morgan fingerprint density at radius 3 is 1.21 bits per heavy atom. The maximum absolute atomic E-state index is 9.75. The van der Waals surface area contributed by atoms with Crippen LogP contribution in [0.2, 0.25) is 0 Å². The Labute approximate surface area is 116 Å². The SMILES string of the molecule is F[B-](F)(F)F.[B]P(C1CCCCC1)C1CCCCC1. The van der Waals surface area contributed by atoms with Crippen molar-refractivity contribution in [3.05, 3.63) is 0 Å². The maximum atomic E-state index is 9.75. The van der Waals surface area contributed by atoms with Gasteiger partial charge in [0.1, 0.15) is 7.57 Å². The quantitative estimate of drug-likeness (QED) is 0.357. The fraction of sp³-hybridized carbons (Fsp3) is 1.00. The maximum Gasteiger partial charge on any atom is 0.673 e. The molecule has 19 heavy (non-hydrogen) atoms. The predicted octanol–water partition coefficient (Wildman–Crippen LogP) is 5.52. The van der Waals surface area contributed by atoms with Crippen LogP contribution in [0.5, 0.6) is 0 Å². The van der Waals surface area contributed by atoms with Crippen LogP contribution in [0.15, 0.2) is 0 Å². The van der Waals surface area contributed by atoms with Gasteiger partial charge in [-0.05, 0) is 37.0 Å². The molecule has 0 saturated heterocycles. The Balaban J connectivity index is 0.000000312. The van der Waals surface area contributed by atoms with Gasteiger partial charge in [-0.15, -0.1) is 0 Å². The molecule has 2 fully saturated rings. The minimum atomic E-state index is -6.00. The van der Waals surface area contributed by atoms with Gasteiger partial charge in [0, 0.05) is 0 Å². The van der Waals surface area contributed by atoms with Crippen molar-refractivity contribution in [2.75, 3.05) is 0 Å². The van der Waals surface area contributed by atoms with Gasteiger partial charge in [-0.1, -0.05) is 38.5 Å². The molecule has 0 aromatic rings. The molecule has 2 radical (unpaired) electrons. The van der Waals surface area contributed by atoms with E-state index in [0.29, 0.717) is 0 Å². The first kappa shape index (κ1) is 17.3. The van der Waals surface area contributed by atoms with Gasteiger partial charge in [-0.25, -0.2) is 0 Å². The van der Waals surface area contributed by atoms with Crippen LogP contribution in [0.4, 0.5) is 17.3 Å². The molecule has 0 nitrogen and oxygen atoms in total. The third kappa shape index (κ3) is 8.22. The average Bonchev–Trinajstić information content (AvgIpc) is 2.38. The van der Waals surface area contributed by atoms with Crippen LogP contribution >= 0.6 is 7.80 Å². The molecule has 0 atom stereocenters. The molecule has 2 rings (SSSR count). The predicted molar refractivity (Wildman–Crippen MR) is 76.6 cm³/mol. The Morgan fingerprint density at radius 1 is 0.684 bits per heavy atom. The van der Waals surface area contributed by atoms with Gasteiger partial charge in [-0.2, -0.15) is 7.80 Å². The minimum Gasteiger partial charge on any atom is -0.418 e. The summed E-state index contributed by atoms with van der Waals surface area (Å²) in [5, 5.41) is 0. The van der Waals surface area contributed by atoms with Crippen molar-refractivity contribution in [3.8, 4) is 0 Å². The smallest absolute Gasteiger partial charge is 0.418 e. The summed E-state index contributed by atoms with van der Waals surface area (Å²) >= 11 is 0. The molecule has 0 aromatic carbocycles. The normalized spacial score (nSPS) is 23.0. The van der Waals surface area contributed by atoms with Crippen molar-refractivity contribution in [2.24, 2.45) is 0 Å². The summed E-state index contributed by atoms with van der Waals surface area (Å²) in [6.07, 6.45) is 14.5. The van der Waals surface area contributed by atoms with E-state index in [-0.39, 0.29) is 7.80 Å². The fourth-order valence-electron chi connectivity index (χ4n) is 3.06. The van der Waals surface area contributed by atoms with E-state index in [2.05, 4.69) is 0 Å². The van der Waals surface area contributed by atoms with Gasteiger partial charge in [0.05, 0.1) is 0 Å². The minimum absolute atomic E-state index is 0.117. The van der Waals surface area contributed by atoms with Crippen molar-refractivity contribution in [3.63, 3.8) is 0 Å². The summed E-state index contributed by atoms with van der Waals surface area (Å²) in [5.41, 5.74) is 1.86. The molecule has 2 aliphatic rings. The van der Waals surface area contributed by atoms with Crippen LogP contribution in [-0.2, 0) is 0 Å². The zero-order chi connectivity index (χ0) is 14.3. The zero-order valence-corrected chi connectivity index (χ0v) is 12.2. The lowest BCUT2D eigenvalue weighted by Gasteiger charge is -2.36. The van der Waals surface area contributed by atoms with Crippen LogP contribution < -0.4 is 0 Å². The Kier molecular flexibility index (Phi) is 7.79. The first-order valence-electron chi connectivity index (χ1n) is 7.28. The van der Waals surface area contributed by atoms with E-state index in [1.807, 2.05) is 0 Å². The molecule has 0 N–H and O–H groups in total. The Bertz CT molecular complexity index is 214. The van der Waals surface area contributed by atoms with Crippen LogP contribution in [0.1, 0.15) is 64.2 Å². The lowest BCUT2D eigenvalue weighted by Crippen LogP contribution is -2.20. The standard InChI is InChI=1S/C12H22BP.BF4/c13-14(11-7-3-1-4-8-11)12-9-5-2-6-10-12;2-1(3,4)5/h11-12H,1-10H2;/q;-1. The summed E-state index contributed by atoms with van der Waals surface area (Å²) in [4.78, 5) is 0. The topological polar surface area (TPSA) is 0 Å². The van der Waals surface area contributed by atoms with E-state index in [0.717, 1.165) is 11.3 Å². The van der Waals surface area contributed by atoms with E-state index >= 15 is 0 Å². The van der Waals surface area contributed by atoms with Gasteiger partial charge in [0.25, 0.3) is 0 Å². The molecule has 0 amide bonds. The first-order valence-corrected chi connectivity index (χ1v) is 8.83.